The Balaban J connectivity index is 2.32. The van der Waals surface area contributed by atoms with Crippen molar-refractivity contribution in [2.75, 3.05) is 11.1 Å². The number of nitrogen functional groups attached to an aromatic ring is 1. The third-order valence-electron chi connectivity index (χ3n) is 2.30. The molecule has 2 aromatic rings. The quantitative estimate of drug-likeness (QED) is 0.614. The lowest BCUT2D eigenvalue weighted by Crippen LogP contribution is -2.15. The lowest BCUT2D eigenvalue weighted by molar-refractivity contribution is -0.385. The topological polar surface area (TPSA) is 129 Å². The normalized spacial score (nSPS) is 10.2. The van der Waals surface area contributed by atoms with E-state index in [0.717, 1.165) is 12.3 Å². The van der Waals surface area contributed by atoms with E-state index in [0.29, 0.717) is 0 Å². The van der Waals surface area contributed by atoms with Crippen LogP contribution in [0.2, 0.25) is 0 Å². The number of anilines is 2. The lowest BCUT2D eigenvalue weighted by Gasteiger charge is -2.03. The van der Waals surface area contributed by atoms with Crippen LogP contribution in [0.3, 0.4) is 0 Å². The number of hydrogen-bond donors (Lipinski definition) is 2. The van der Waals surface area contributed by atoms with Crippen LogP contribution >= 0.6 is 0 Å². The fraction of sp³-hybridized carbons (Fsp3) is 0.100. The van der Waals surface area contributed by atoms with Gasteiger partial charge in [0.05, 0.1) is 4.92 Å². The Bertz CT molecular complexity index is 650. The van der Waals surface area contributed by atoms with Crippen molar-refractivity contribution in [3.63, 3.8) is 0 Å². The molecule has 98 valence electrons. The van der Waals surface area contributed by atoms with Gasteiger partial charge in [0.25, 0.3) is 11.6 Å². The SMILES string of the molecule is Cn1ccc(NC(=O)c2cc(N)ncc2[N+](=O)[O-])n1. The molecular formula is C10H10N6O3. The van der Waals surface area contributed by atoms with Gasteiger partial charge in [-0.15, -0.1) is 0 Å². The molecule has 9 heteroatoms. The van der Waals surface area contributed by atoms with Gasteiger partial charge in [-0.1, -0.05) is 0 Å². The standard InChI is InChI=1S/C10H10N6O3/c1-15-3-2-9(14-15)13-10(17)6-4-8(11)12-5-7(6)16(18)19/h2-5H,1H3,(H2,11,12)(H,13,14,17). The van der Waals surface area contributed by atoms with Crippen LogP contribution < -0.4 is 11.1 Å². The van der Waals surface area contributed by atoms with Crippen molar-refractivity contribution in [2.45, 2.75) is 0 Å². The molecular weight excluding hydrogens is 252 g/mol. The van der Waals surface area contributed by atoms with Crippen LogP contribution in [0.5, 0.6) is 0 Å². The summed E-state index contributed by atoms with van der Waals surface area (Å²) in [4.78, 5) is 25.7. The van der Waals surface area contributed by atoms with Gasteiger partial charge in [0.1, 0.15) is 17.6 Å². The first kappa shape index (κ1) is 12.5. The second kappa shape index (κ2) is 4.72. The molecule has 0 aliphatic carbocycles. The maximum Gasteiger partial charge on any atom is 0.300 e. The molecule has 0 spiro atoms. The Hall–Kier alpha value is -2.97. The highest BCUT2D eigenvalue weighted by atomic mass is 16.6. The summed E-state index contributed by atoms with van der Waals surface area (Å²) in [5.74, 6) is -0.353. The molecule has 0 atom stereocenters. The summed E-state index contributed by atoms with van der Waals surface area (Å²) in [5.41, 5.74) is 4.85. The molecule has 9 nitrogen and oxygen atoms in total. The van der Waals surface area contributed by atoms with Gasteiger partial charge in [-0.25, -0.2) is 4.98 Å². The van der Waals surface area contributed by atoms with Crippen LogP contribution in [0.15, 0.2) is 24.5 Å². The van der Waals surface area contributed by atoms with Gasteiger partial charge in [0.15, 0.2) is 5.82 Å². The Morgan fingerprint density at radius 2 is 2.32 bits per heavy atom. The molecule has 0 aromatic carbocycles. The van der Waals surface area contributed by atoms with Crippen molar-refractivity contribution >= 4 is 23.2 Å². The van der Waals surface area contributed by atoms with Crippen LogP contribution in [0.25, 0.3) is 0 Å². The first-order chi connectivity index (χ1) is 8.97. The predicted molar refractivity (Wildman–Crippen MR) is 66.5 cm³/mol. The van der Waals surface area contributed by atoms with E-state index in [-0.39, 0.29) is 17.2 Å². The molecule has 2 heterocycles. The zero-order valence-electron chi connectivity index (χ0n) is 9.90. The average molecular weight is 262 g/mol. The van der Waals surface area contributed by atoms with Crippen LogP contribution in [0, 0.1) is 10.1 Å². The smallest absolute Gasteiger partial charge is 0.300 e. The van der Waals surface area contributed by atoms with E-state index >= 15 is 0 Å². The molecule has 0 saturated heterocycles. The molecule has 0 unspecified atom stereocenters. The Kier molecular flexibility index (Phi) is 3.10. The highest BCUT2D eigenvalue weighted by Gasteiger charge is 2.21. The highest BCUT2D eigenvalue weighted by molar-refractivity contribution is 6.06. The van der Waals surface area contributed by atoms with Gasteiger partial charge in [-0.2, -0.15) is 5.10 Å². The third-order valence-corrected chi connectivity index (χ3v) is 2.30. The number of amides is 1. The summed E-state index contributed by atoms with van der Waals surface area (Å²) in [6.07, 6.45) is 2.58. The number of aryl methyl sites for hydroxylation is 1. The predicted octanol–water partition coefficient (Wildman–Crippen LogP) is 0.558. The second-order valence-electron chi connectivity index (χ2n) is 3.71. The Morgan fingerprint density at radius 1 is 1.58 bits per heavy atom. The first-order valence-corrected chi connectivity index (χ1v) is 5.18. The van der Waals surface area contributed by atoms with Crippen molar-refractivity contribution in [3.8, 4) is 0 Å². The van der Waals surface area contributed by atoms with E-state index in [4.69, 9.17) is 5.73 Å². The van der Waals surface area contributed by atoms with Crippen LogP contribution in [0.4, 0.5) is 17.3 Å². The zero-order chi connectivity index (χ0) is 14.0. The number of nitro groups is 1. The molecule has 2 rings (SSSR count). The molecule has 0 bridgehead atoms. The van der Waals surface area contributed by atoms with E-state index in [1.165, 1.54) is 4.68 Å². The number of pyridine rings is 1. The number of aromatic nitrogens is 3. The number of rotatable bonds is 3. The third kappa shape index (κ3) is 2.65. The van der Waals surface area contributed by atoms with Gasteiger partial charge in [0, 0.05) is 19.3 Å². The van der Waals surface area contributed by atoms with Gasteiger partial charge in [0.2, 0.25) is 0 Å². The van der Waals surface area contributed by atoms with E-state index in [1.807, 2.05) is 0 Å². The summed E-state index contributed by atoms with van der Waals surface area (Å²) in [6.45, 7) is 0. The molecule has 0 fully saturated rings. The van der Waals surface area contributed by atoms with Gasteiger partial charge in [-0.3, -0.25) is 19.6 Å². The molecule has 19 heavy (non-hydrogen) atoms. The van der Waals surface area contributed by atoms with E-state index in [9.17, 15) is 14.9 Å². The monoisotopic (exact) mass is 262 g/mol. The van der Waals surface area contributed by atoms with Crippen molar-refractivity contribution < 1.29 is 9.72 Å². The van der Waals surface area contributed by atoms with Crippen LogP contribution in [0.1, 0.15) is 10.4 Å². The van der Waals surface area contributed by atoms with Gasteiger partial charge >= 0.3 is 0 Å². The number of nitrogens with two attached hydrogens (primary N) is 1. The molecule has 0 saturated carbocycles. The maximum absolute atomic E-state index is 12.0. The fourth-order valence-corrected chi connectivity index (χ4v) is 1.46. The summed E-state index contributed by atoms with van der Waals surface area (Å²) in [5, 5.41) is 17.2. The highest BCUT2D eigenvalue weighted by Crippen LogP contribution is 2.20. The van der Waals surface area contributed by atoms with Crippen molar-refractivity contribution in [1.82, 2.24) is 14.8 Å². The number of hydrogen-bond acceptors (Lipinski definition) is 6. The molecule has 2 aromatic heterocycles. The summed E-state index contributed by atoms with van der Waals surface area (Å²) in [7, 11) is 1.68. The molecule has 0 aliphatic rings. The molecule has 3 N–H and O–H groups in total. The van der Waals surface area contributed by atoms with Crippen LogP contribution in [-0.2, 0) is 7.05 Å². The van der Waals surface area contributed by atoms with Gasteiger partial charge in [-0.05, 0) is 6.07 Å². The molecule has 1 amide bonds. The Morgan fingerprint density at radius 3 is 2.89 bits per heavy atom. The van der Waals surface area contributed by atoms with Crippen molar-refractivity contribution in [3.05, 3.63) is 40.2 Å². The molecule has 0 radical (unpaired) electrons. The average Bonchev–Trinajstić information content (AvgIpc) is 2.74. The number of nitrogens with one attached hydrogen (secondary N) is 1. The number of carbonyl (C=O) groups is 1. The van der Waals surface area contributed by atoms with E-state index in [2.05, 4.69) is 15.4 Å². The number of carbonyl (C=O) groups excluding carboxylic acids is 1. The minimum atomic E-state index is -0.695. The van der Waals surface area contributed by atoms with Gasteiger partial charge < -0.3 is 11.1 Å². The Labute approximate surface area is 107 Å². The minimum absolute atomic E-state index is 0.0248. The lowest BCUT2D eigenvalue weighted by atomic mass is 10.2. The minimum Gasteiger partial charge on any atom is -0.384 e. The van der Waals surface area contributed by atoms with Crippen molar-refractivity contribution in [1.29, 1.82) is 0 Å². The van der Waals surface area contributed by atoms with E-state index in [1.54, 1.807) is 19.3 Å². The molecule has 0 aliphatic heterocycles. The largest absolute Gasteiger partial charge is 0.384 e. The maximum atomic E-state index is 12.0. The van der Waals surface area contributed by atoms with Crippen molar-refractivity contribution in [2.24, 2.45) is 7.05 Å². The second-order valence-corrected chi connectivity index (χ2v) is 3.71. The fourth-order valence-electron chi connectivity index (χ4n) is 1.46. The summed E-state index contributed by atoms with van der Waals surface area (Å²) >= 11 is 0. The number of nitrogens with zero attached hydrogens (tertiary/aromatic N) is 4. The summed E-state index contributed by atoms with van der Waals surface area (Å²) in [6, 6.07) is 2.71. The first-order valence-electron chi connectivity index (χ1n) is 5.18. The van der Waals surface area contributed by atoms with E-state index < -0.39 is 16.5 Å². The van der Waals surface area contributed by atoms with Crippen LogP contribution in [-0.4, -0.2) is 25.6 Å². The zero-order valence-corrected chi connectivity index (χ0v) is 9.90. The summed E-state index contributed by atoms with van der Waals surface area (Å²) < 4.78 is 1.49.